The number of hydrogen-bond donors (Lipinski definition) is 1. The van der Waals surface area contributed by atoms with Crippen LogP contribution in [0.3, 0.4) is 0 Å². The SMILES string of the molecule is OCc1cccc(F)c1-n1ccc(C2CC2)n1. The van der Waals surface area contributed by atoms with E-state index in [1.807, 2.05) is 6.07 Å². The first kappa shape index (κ1) is 10.5. The van der Waals surface area contributed by atoms with Gasteiger partial charge in [0, 0.05) is 17.7 Å². The zero-order valence-electron chi connectivity index (χ0n) is 9.31. The molecule has 88 valence electrons. The Morgan fingerprint density at radius 3 is 2.88 bits per heavy atom. The molecule has 3 nitrogen and oxygen atoms in total. The lowest BCUT2D eigenvalue weighted by atomic mass is 10.2. The van der Waals surface area contributed by atoms with E-state index in [1.54, 1.807) is 18.3 Å². The van der Waals surface area contributed by atoms with Gasteiger partial charge in [0.05, 0.1) is 12.3 Å². The lowest BCUT2D eigenvalue weighted by Crippen LogP contribution is -2.04. The van der Waals surface area contributed by atoms with Crippen LogP contribution in [0.15, 0.2) is 30.5 Å². The molecule has 1 aromatic carbocycles. The number of benzene rings is 1. The van der Waals surface area contributed by atoms with Gasteiger partial charge in [-0.2, -0.15) is 5.10 Å². The molecule has 4 heteroatoms. The first-order valence-electron chi connectivity index (χ1n) is 5.74. The van der Waals surface area contributed by atoms with Crippen LogP contribution in [0.4, 0.5) is 4.39 Å². The maximum Gasteiger partial charge on any atom is 0.149 e. The first-order chi connectivity index (χ1) is 8.29. The fourth-order valence-electron chi connectivity index (χ4n) is 2.00. The number of aliphatic hydroxyl groups is 1. The Morgan fingerprint density at radius 2 is 2.18 bits per heavy atom. The molecule has 1 aliphatic rings. The predicted molar refractivity (Wildman–Crippen MR) is 61.4 cm³/mol. The molecule has 1 aromatic heterocycles. The molecule has 1 fully saturated rings. The number of halogens is 1. The lowest BCUT2D eigenvalue weighted by molar-refractivity contribution is 0.280. The third-order valence-corrected chi connectivity index (χ3v) is 3.08. The van der Waals surface area contributed by atoms with Crippen LogP contribution in [-0.4, -0.2) is 14.9 Å². The second-order valence-corrected chi connectivity index (χ2v) is 4.37. The van der Waals surface area contributed by atoms with Crippen LogP contribution in [0.2, 0.25) is 0 Å². The Kier molecular flexibility index (Phi) is 2.44. The molecule has 0 amide bonds. The largest absolute Gasteiger partial charge is 0.392 e. The molecule has 0 unspecified atom stereocenters. The van der Waals surface area contributed by atoms with Gasteiger partial charge in [-0.25, -0.2) is 9.07 Å². The minimum Gasteiger partial charge on any atom is -0.392 e. The summed E-state index contributed by atoms with van der Waals surface area (Å²) in [5.74, 6) is 0.183. The number of nitrogens with zero attached hydrogens (tertiary/aromatic N) is 2. The average molecular weight is 232 g/mol. The van der Waals surface area contributed by atoms with E-state index in [2.05, 4.69) is 5.10 Å². The van der Waals surface area contributed by atoms with Gasteiger partial charge in [0.2, 0.25) is 0 Å². The Bertz CT molecular complexity index is 546. The van der Waals surface area contributed by atoms with Gasteiger partial charge in [-0.3, -0.25) is 0 Å². The molecule has 1 saturated carbocycles. The van der Waals surface area contributed by atoms with Crippen LogP contribution in [0.5, 0.6) is 0 Å². The molecule has 0 radical (unpaired) electrons. The molecule has 0 bridgehead atoms. The molecule has 2 aromatic rings. The number of para-hydroxylation sites is 1. The Balaban J connectivity index is 2.06. The molecule has 1 N–H and O–H groups in total. The molecular weight excluding hydrogens is 219 g/mol. The van der Waals surface area contributed by atoms with E-state index < -0.39 is 0 Å². The molecule has 17 heavy (non-hydrogen) atoms. The van der Waals surface area contributed by atoms with Crippen LogP contribution in [0.1, 0.15) is 30.0 Å². The van der Waals surface area contributed by atoms with Gasteiger partial charge < -0.3 is 5.11 Å². The standard InChI is InChI=1S/C13H13FN2O/c14-11-3-1-2-10(8-17)13(11)16-7-6-12(15-16)9-4-5-9/h1-3,6-7,9,17H,4-5,8H2. The fourth-order valence-corrected chi connectivity index (χ4v) is 2.00. The van der Waals surface area contributed by atoms with Gasteiger partial charge in [-0.1, -0.05) is 12.1 Å². The molecule has 0 aliphatic heterocycles. The van der Waals surface area contributed by atoms with E-state index in [4.69, 9.17) is 0 Å². The normalized spacial score (nSPS) is 15.2. The quantitative estimate of drug-likeness (QED) is 0.882. The topological polar surface area (TPSA) is 38.0 Å². The Labute approximate surface area is 98.5 Å². The summed E-state index contributed by atoms with van der Waals surface area (Å²) < 4.78 is 15.3. The van der Waals surface area contributed by atoms with Crippen molar-refractivity contribution >= 4 is 0 Å². The zero-order valence-corrected chi connectivity index (χ0v) is 9.31. The van der Waals surface area contributed by atoms with Gasteiger partial charge >= 0.3 is 0 Å². The summed E-state index contributed by atoms with van der Waals surface area (Å²) in [6, 6.07) is 6.60. The zero-order chi connectivity index (χ0) is 11.8. The van der Waals surface area contributed by atoms with Gasteiger partial charge in [0.15, 0.2) is 0 Å². The summed E-state index contributed by atoms with van der Waals surface area (Å²) in [5.41, 5.74) is 1.91. The summed E-state index contributed by atoms with van der Waals surface area (Å²) in [5, 5.41) is 13.6. The third-order valence-electron chi connectivity index (χ3n) is 3.08. The Morgan fingerprint density at radius 1 is 1.35 bits per heavy atom. The molecule has 0 saturated heterocycles. The van der Waals surface area contributed by atoms with Gasteiger partial charge in [-0.15, -0.1) is 0 Å². The molecule has 0 atom stereocenters. The maximum absolute atomic E-state index is 13.8. The molecule has 1 aliphatic carbocycles. The van der Waals surface area contributed by atoms with Crippen molar-refractivity contribution in [2.75, 3.05) is 0 Å². The van der Waals surface area contributed by atoms with E-state index in [0.717, 1.165) is 5.69 Å². The Hall–Kier alpha value is -1.68. The maximum atomic E-state index is 13.8. The minimum absolute atomic E-state index is 0.189. The van der Waals surface area contributed by atoms with E-state index in [-0.39, 0.29) is 12.4 Å². The van der Waals surface area contributed by atoms with Gasteiger partial charge in [-0.05, 0) is 25.0 Å². The summed E-state index contributed by atoms with van der Waals surface area (Å²) >= 11 is 0. The third kappa shape index (κ3) is 1.85. The average Bonchev–Trinajstić information content (AvgIpc) is 3.08. The lowest BCUT2D eigenvalue weighted by Gasteiger charge is -2.08. The van der Waals surface area contributed by atoms with Crippen LogP contribution >= 0.6 is 0 Å². The fraction of sp³-hybridized carbons (Fsp3) is 0.308. The summed E-state index contributed by atoms with van der Waals surface area (Å²) in [4.78, 5) is 0. The molecule has 0 spiro atoms. The second kappa shape index (κ2) is 3.96. The second-order valence-electron chi connectivity index (χ2n) is 4.37. The van der Waals surface area contributed by atoms with E-state index in [9.17, 15) is 9.50 Å². The molecule has 3 rings (SSSR count). The summed E-state index contributed by atoms with van der Waals surface area (Å²) in [7, 11) is 0. The van der Waals surface area contributed by atoms with Crippen molar-refractivity contribution in [3.8, 4) is 5.69 Å². The van der Waals surface area contributed by atoms with Crippen molar-refractivity contribution in [2.24, 2.45) is 0 Å². The van der Waals surface area contributed by atoms with Crippen LogP contribution in [0, 0.1) is 5.82 Å². The van der Waals surface area contributed by atoms with E-state index in [0.29, 0.717) is 17.2 Å². The van der Waals surface area contributed by atoms with Crippen molar-refractivity contribution < 1.29 is 9.50 Å². The number of hydrogen-bond acceptors (Lipinski definition) is 2. The van der Waals surface area contributed by atoms with Crippen molar-refractivity contribution in [3.63, 3.8) is 0 Å². The number of aromatic nitrogens is 2. The number of aliphatic hydroxyl groups excluding tert-OH is 1. The van der Waals surface area contributed by atoms with Crippen molar-refractivity contribution in [3.05, 3.63) is 47.5 Å². The highest BCUT2D eigenvalue weighted by molar-refractivity contribution is 5.41. The highest BCUT2D eigenvalue weighted by Crippen LogP contribution is 2.39. The summed E-state index contributed by atoms with van der Waals surface area (Å²) in [6.07, 6.45) is 4.09. The van der Waals surface area contributed by atoms with Gasteiger partial charge in [0.25, 0.3) is 0 Å². The van der Waals surface area contributed by atoms with Gasteiger partial charge in [0.1, 0.15) is 11.5 Å². The molecular formula is C13H13FN2O. The van der Waals surface area contributed by atoms with Crippen LogP contribution in [-0.2, 0) is 6.61 Å². The highest BCUT2D eigenvalue weighted by Gasteiger charge is 2.26. The first-order valence-corrected chi connectivity index (χ1v) is 5.74. The highest BCUT2D eigenvalue weighted by atomic mass is 19.1. The van der Waals surface area contributed by atoms with Crippen LogP contribution < -0.4 is 0 Å². The molecule has 1 heterocycles. The van der Waals surface area contributed by atoms with Crippen molar-refractivity contribution in [1.29, 1.82) is 0 Å². The number of rotatable bonds is 3. The van der Waals surface area contributed by atoms with Crippen LogP contribution in [0.25, 0.3) is 5.69 Å². The predicted octanol–water partition coefficient (Wildman–Crippen LogP) is 2.38. The minimum atomic E-state index is -0.359. The smallest absolute Gasteiger partial charge is 0.149 e. The monoisotopic (exact) mass is 232 g/mol. The van der Waals surface area contributed by atoms with E-state index in [1.165, 1.54) is 23.6 Å². The van der Waals surface area contributed by atoms with E-state index >= 15 is 0 Å². The summed E-state index contributed by atoms with van der Waals surface area (Å²) in [6.45, 7) is -0.189. The van der Waals surface area contributed by atoms with Crippen molar-refractivity contribution in [1.82, 2.24) is 9.78 Å². The van der Waals surface area contributed by atoms with Crippen molar-refractivity contribution in [2.45, 2.75) is 25.4 Å².